The maximum atomic E-state index is 9.82. The van der Waals surface area contributed by atoms with Crippen molar-refractivity contribution in [1.82, 2.24) is 5.32 Å². The van der Waals surface area contributed by atoms with E-state index in [4.69, 9.17) is 15.3 Å². The fourth-order valence-corrected chi connectivity index (χ4v) is 0.144. The number of hydrogen-bond donors (Lipinski definition) is 5. The Balaban J connectivity index is -0.0000000287. The van der Waals surface area contributed by atoms with Crippen LogP contribution in [0.5, 0.6) is 0 Å². The molecular weight excluding hydrogens is 244 g/mol. The first kappa shape index (κ1) is 36.0. The molecule has 0 fully saturated rings. The van der Waals surface area contributed by atoms with Gasteiger partial charge >= 0.3 is 5.97 Å². The lowest BCUT2D eigenvalue weighted by Crippen LogP contribution is -2.20. The third-order valence-corrected chi connectivity index (χ3v) is 0.779. The van der Waals surface area contributed by atoms with Crippen molar-refractivity contribution in [3.63, 3.8) is 0 Å². The Morgan fingerprint density at radius 2 is 1.44 bits per heavy atom. The van der Waals surface area contributed by atoms with Crippen molar-refractivity contribution in [3.8, 4) is 0 Å². The van der Waals surface area contributed by atoms with E-state index in [2.05, 4.69) is 15.8 Å². The number of aliphatic hydroxyl groups is 3. The van der Waals surface area contributed by atoms with Crippen LogP contribution in [-0.2, 0) is 14.3 Å². The lowest BCUT2D eigenvalue weighted by atomic mass is 10.7. The topological polar surface area (TPSA) is 142 Å². The summed E-state index contributed by atoms with van der Waals surface area (Å²) in [5.41, 5.74) is 4.50. The Hall–Kier alpha value is -1.22. The number of hydrogen-bond acceptors (Lipinski definition) is 7. The predicted octanol–water partition coefficient (Wildman–Crippen LogP) is -1.67. The number of carbonyl (C=O) groups is 2. The third-order valence-electron chi connectivity index (χ3n) is 0.779. The van der Waals surface area contributed by atoms with E-state index < -0.39 is 19.2 Å². The molecule has 0 radical (unpaired) electrons. The van der Waals surface area contributed by atoms with Gasteiger partial charge in [-0.3, -0.25) is 4.79 Å². The lowest BCUT2D eigenvalue weighted by molar-refractivity contribution is -0.143. The molecule has 1 amide bonds. The fraction of sp³-hybridized carbons (Fsp3) is 0.800. The minimum atomic E-state index is -0.602. The fourth-order valence-electron chi connectivity index (χ4n) is 0.144. The van der Waals surface area contributed by atoms with E-state index in [-0.39, 0.29) is 20.8 Å². The monoisotopic (exact) mass is 274 g/mol. The smallest absolute Gasteiger partial charge is 0.331 e. The maximum Gasteiger partial charge on any atom is 0.331 e. The largest absolute Gasteiger partial charge is 0.467 e. The van der Waals surface area contributed by atoms with Crippen LogP contribution in [0.1, 0.15) is 14.9 Å². The van der Waals surface area contributed by atoms with Crippen molar-refractivity contribution in [2.75, 3.05) is 41.5 Å². The normalized spacial score (nSPS) is 5.78. The standard InChI is InChI=1S/C3H7NO2.C3H6O3.CH5N.CH4O.2CH4/c1-4-3(6)2-5;1-6-3(5)2-4;2*1-2;;/h5H,2H2,1H3,(H,4,6);4H,2H2,1H3;2H2,1H3;2H,1H3;2*1H4. The average molecular weight is 274 g/mol. The minimum Gasteiger partial charge on any atom is -0.467 e. The molecule has 0 heterocycles. The molecule has 18 heavy (non-hydrogen) atoms. The number of nitrogens with one attached hydrogen (secondary N) is 1. The van der Waals surface area contributed by atoms with Gasteiger partial charge in [-0.1, -0.05) is 14.9 Å². The number of esters is 1. The van der Waals surface area contributed by atoms with Gasteiger partial charge in [-0.25, -0.2) is 4.79 Å². The van der Waals surface area contributed by atoms with Crippen LogP contribution in [0.25, 0.3) is 0 Å². The molecule has 0 saturated heterocycles. The average Bonchev–Trinajstić information content (AvgIpc) is 2.41. The van der Waals surface area contributed by atoms with E-state index in [1.54, 1.807) is 0 Å². The maximum absolute atomic E-state index is 9.82. The Morgan fingerprint density at radius 3 is 1.44 bits per heavy atom. The van der Waals surface area contributed by atoms with E-state index in [1.165, 1.54) is 21.2 Å². The number of aliphatic hydroxyl groups excluding tert-OH is 3. The van der Waals surface area contributed by atoms with Gasteiger partial charge in [-0.05, 0) is 7.05 Å². The highest BCUT2D eigenvalue weighted by Crippen LogP contribution is 1.63. The van der Waals surface area contributed by atoms with Crippen molar-refractivity contribution in [1.29, 1.82) is 0 Å². The number of likely N-dealkylation sites (N-methyl/N-ethyl adjacent to an activating group) is 1. The van der Waals surface area contributed by atoms with Crippen molar-refractivity contribution in [2.45, 2.75) is 14.9 Å². The molecule has 8 nitrogen and oxygen atoms in total. The van der Waals surface area contributed by atoms with Gasteiger partial charge in [0.2, 0.25) is 5.91 Å². The first-order valence-electron chi connectivity index (χ1n) is 4.13. The number of amides is 1. The Labute approximate surface area is 110 Å². The van der Waals surface area contributed by atoms with Gasteiger partial charge in [0.05, 0.1) is 7.11 Å². The van der Waals surface area contributed by atoms with Crippen LogP contribution in [-0.4, -0.2) is 68.7 Å². The van der Waals surface area contributed by atoms with E-state index in [1.807, 2.05) is 0 Å². The Morgan fingerprint density at radius 1 is 1.11 bits per heavy atom. The van der Waals surface area contributed by atoms with E-state index in [0.717, 1.165) is 7.11 Å². The van der Waals surface area contributed by atoms with Gasteiger partial charge in [0.15, 0.2) is 0 Å². The highest BCUT2D eigenvalue weighted by molar-refractivity contribution is 5.76. The van der Waals surface area contributed by atoms with Crippen molar-refractivity contribution < 1.29 is 29.6 Å². The quantitative estimate of drug-likeness (QED) is 0.379. The van der Waals surface area contributed by atoms with Crippen LogP contribution in [0, 0.1) is 0 Å². The second-order valence-electron chi connectivity index (χ2n) is 1.57. The summed E-state index contributed by atoms with van der Waals surface area (Å²) in [6.45, 7) is -0.951. The number of carbonyl (C=O) groups excluding carboxylic acids is 2. The van der Waals surface area contributed by atoms with Crippen LogP contribution in [0.3, 0.4) is 0 Å². The summed E-state index contributed by atoms with van der Waals surface area (Å²) in [7, 11) is 5.19. The summed E-state index contributed by atoms with van der Waals surface area (Å²) in [6, 6.07) is 0. The van der Waals surface area contributed by atoms with E-state index in [9.17, 15) is 9.59 Å². The molecule has 0 aliphatic carbocycles. The Bertz CT molecular complexity index is 116. The highest BCUT2D eigenvalue weighted by Gasteiger charge is 1.89. The molecule has 0 aromatic rings. The molecule has 0 aliphatic rings. The van der Waals surface area contributed by atoms with Crippen LogP contribution in [0.4, 0.5) is 0 Å². The summed E-state index contributed by atoms with van der Waals surface area (Å²) in [5.74, 6) is -0.954. The van der Waals surface area contributed by atoms with Gasteiger partial charge in [0.25, 0.3) is 0 Å². The first-order valence-corrected chi connectivity index (χ1v) is 4.13. The number of rotatable bonds is 2. The third kappa shape index (κ3) is 61.1. The molecule has 0 aliphatic heterocycles. The molecule has 0 rings (SSSR count). The minimum absolute atomic E-state index is 0. The van der Waals surface area contributed by atoms with Gasteiger partial charge in [0, 0.05) is 14.2 Å². The molecule has 0 atom stereocenters. The van der Waals surface area contributed by atoms with Gasteiger partial charge in [0.1, 0.15) is 13.2 Å². The summed E-state index contributed by atoms with van der Waals surface area (Å²) < 4.78 is 4.01. The number of nitrogens with two attached hydrogens (primary N) is 1. The molecule has 0 aromatic heterocycles. The zero-order chi connectivity index (χ0) is 14.0. The first-order chi connectivity index (χ1) is 7.62. The molecule has 0 aromatic carbocycles. The zero-order valence-corrected chi connectivity index (χ0v) is 10.1. The summed E-state index contributed by atoms with van der Waals surface area (Å²) in [5, 5.41) is 25.0. The number of methoxy groups -OCH3 is 1. The molecule has 0 spiro atoms. The van der Waals surface area contributed by atoms with Crippen LogP contribution in [0.15, 0.2) is 0 Å². The molecule has 0 saturated carbocycles. The number of ether oxygens (including phenoxy) is 1. The van der Waals surface area contributed by atoms with Crippen molar-refractivity contribution >= 4 is 11.9 Å². The SMILES string of the molecule is C.C.CN.CNC(=O)CO.CO.COC(=O)CO. The van der Waals surface area contributed by atoms with E-state index in [0.29, 0.717) is 0 Å². The Kier molecular flexibility index (Phi) is 89.3. The van der Waals surface area contributed by atoms with Crippen molar-refractivity contribution in [3.05, 3.63) is 0 Å². The second kappa shape index (κ2) is 44.7. The molecule has 116 valence electrons. The van der Waals surface area contributed by atoms with E-state index >= 15 is 0 Å². The predicted molar refractivity (Wildman–Crippen MR) is 72.0 cm³/mol. The van der Waals surface area contributed by atoms with Crippen LogP contribution < -0.4 is 11.1 Å². The molecular formula is C10H30N2O6. The highest BCUT2D eigenvalue weighted by atomic mass is 16.5. The van der Waals surface area contributed by atoms with Gasteiger partial charge < -0.3 is 31.1 Å². The molecule has 8 heteroatoms. The van der Waals surface area contributed by atoms with Crippen LogP contribution in [0.2, 0.25) is 0 Å². The van der Waals surface area contributed by atoms with Crippen LogP contribution >= 0.6 is 0 Å². The van der Waals surface area contributed by atoms with Gasteiger partial charge in [-0.15, -0.1) is 0 Å². The summed E-state index contributed by atoms with van der Waals surface area (Å²) in [6.07, 6.45) is 0. The second-order valence-corrected chi connectivity index (χ2v) is 1.57. The molecule has 0 bridgehead atoms. The molecule has 6 N–H and O–H groups in total. The zero-order valence-electron chi connectivity index (χ0n) is 10.1. The van der Waals surface area contributed by atoms with Gasteiger partial charge in [-0.2, -0.15) is 0 Å². The summed E-state index contributed by atoms with van der Waals surface area (Å²) in [4.78, 5) is 19.5. The molecule has 0 unspecified atom stereocenters. The summed E-state index contributed by atoms with van der Waals surface area (Å²) >= 11 is 0. The van der Waals surface area contributed by atoms with Crippen molar-refractivity contribution in [2.24, 2.45) is 5.73 Å². The lowest BCUT2D eigenvalue weighted by Gasteiger charge is -1.86.